The first kappa shape index (κ1) is 29.6. The molecule has 43 heavy (non-hydrogen) atoms. The fourth-order valence-electron chi connectivity index (χ4n) is 4.97. The Kier molecular flexibility index (Phi) is 8.90. The lowest BCUT2D eigenvalue weighted by Crippen LogP contribution is -2.49. The number of pyridine rings is 1. The molecule has 5 rings (SSSR count). The molecule has 0 saturated carbocycles. The van der Waals surface area contributed by atoms with Gasteiger partial charge in [-0.15, -0.1) is 0 Å². The average molecular weight is 595 g/mol. The number of nitrogens with zero attached hydrogens (tertiary/aromatic N) is 2. The Morgan fingerprint density at radius 1 is 1.12 bits per heavy atom. The normalized spacial score (nSPS) is 16.4. The zero-order valence-corrected chi connectivity index (χ0v) is 23.1. The third-order valence-corrected chi connectivity index (χ3v) is 7.04. The second-order valence-corrected chi connectivity index (χ2v) is 10.2. The van der Waals surface area contributed by atoms with Gasteiger partial charge in [-0.25, -0.2) is 4.39 Å². The number of likely N-dealkylation sites (tertiary alicyclic amines) is 1. The van der Waals surface area contributed by atoms with Gasteiger partial charge in [-0.3, -0.25) is 19.4 Å². The van der Waals surface area contributed by atoms with E-state index in [-0.39, 0.29) is 30.8 Å². The predicted octanol–water partition coefficient (Wildman–Crippen LogP) is 4.01. The summed E-state index contributed by atoms with van der Waals surface area (Å²) < 4.78 is 44.7. The standard InChI is InChI=1S/C30H29F3N6O4/c1-17-5-6-25(23(31)9-17)37-20-4-2-3-18(10-20)28(41)36-15-27(40)39-16-22(43-30(32)33)12-26(39)29(42)35-14-21-11-19-13-34-8-7-24(19)38-21/h2-11,13,22,26,30,37-38H,12,14-16H2,1H3,(H,35,42)(H,36,41)/t22-,26+/m1/s1. The number of hydrogen-bond acceptors (Lipinski definition) is 6. The van der Waals surface area contributed by atoms with Crippen LogP contribution in [0, 0.1) is 12.7 Å². The average Bonchev–Trinajstić information content (AvgIpc) is 3.60. The summed E-state index contributed by atoms with van der Waals surface area (Å²) in [5, 5.41) is 9.02. The molecule has 0 spiro atoms. The molecule has 0 bridgehead atoms. The lowest BCUT2D eigenvalue weighted by molar-refractivity contribution is -0.160. The lowest BCUT2D eigenvalue weighted by Gasteiger charge is -2.24. The molecular weight excluding hydrogens is 565 g/mol. The first-order valence-corrected chi connectivity index (χ1v) is 13.5. The monoisotopic (exact) mass is 594 g/mol. The third kappa shape index (κ3) is 7.30. The molecule has 13 heteroatoms. The van der Waals surface area contributed by atoms with E-state index in [0.717, 1.165) is 21.4 Å². The van der Waals surface area contributed by atoms with Gasteiger partial charge in [0.15, 0.2) is 0 Å². The van der Waals surface area contributed by atoms with E-state index in [2.05, 4.69) is 30.7 Å². The quantitative estimate of drug-likeness (QED) is 0.220. The maximum absolute atomic E-state index is 14.3. The predicted molar refractivity (Wildman–Crippen MR) is 152 cm³/mol. The Morgan fingerprint density at radius 2 is 1.95 bits per heavy atom. The van der Waals surface area contributed by atoms with Crippen LogP contribution in [0.4, 0.5) is 24.5 Å². The Bertz CT molecular complexity index is 1610. The fraction of sp³-hybridized carbons (Fsp3) is 0.267. The fourth-order valence-corrected chi connectivity index (χ4v) is 4.97. The second kappa shape index (κ2) is 12.9. The maximum Gasteiger partial charge on any atom is 0.345 e. The smallest absolute Gasteiger partial charge is 0.345 e. The molecule has 10 nitrogen and oxygen atoms in total. The van der Waals surface area contributed by atoms with Crippen molar-refractivity contribution in [3.63, 3.8) is 0 Å². The van der Waals surface area contributed by atoms with Crippen LogP contribution in [0.1, 0.15) is 28.0 Å². The number of nitrogens with one attached hydrogen (secondary N) is 4. The van der Waals surface area contributed by atoms with Crippen molar-refractivity contribution in [3.05, 3.63) is 89.6 Å². The Morgan fingerprint density at radius 3 is 2.72 bits per heavy atom. The number of benzene rings is 2. The van der Waals surface area contributed by atoms with Gasteiger partial charge in [0.2, 0.25) is 11.8 Å². The number of H-pyrrole nitrogens is 1. The molecule has 1 aliphatic heterocycles. The number of anilines is 2. The van der Waals surface area contributed by atoms with Gasteiger partial charge < -0.3 is 30.6 Å². The summed E-state index contributed by atoms with van der Waals surface area (Å²) in [7, 11) is 0. The van der Waals surface area contributed by atoms with Crippen molar-refractivity contribution < 1.29 is 32.3 Å². The van der Waals surface area contributed by atoms with Gasteiger partial charge in [-0.1, -0.05) is 12.1 Å². The van der Waals surface area contributed by atoms with E-state index in [1.54, 1.807) is 49.6 Å². The number of amides is 3. The van der Waals surface area contributed by atoms with E-state index in [1.807, 2.05) is 6.07 Å². The third-order valence-electron chi connectivity index (χ3n) is 7.04. The summed E-state index contributed by atoms with van der Waals surface area (Å²) in [5.74, 6) is -2.21. The van der Waals surface area contributed by atoms with E-state index in [4.69, 9.17) is 0 Å². The largest absolute Gasteiger partial charge is 0.357 e. The number of carbonyl (C=O) groups is 3. The van der Waals surface area contributed by atoms with Gasteiger partial charge in [0.25, 0.3) is 5.91 Å². The molecule has 2 aromatic carbocycles. The number of ether oxygens (including phenoxy) is 1. The van der Waals surface area contributed by atoms with Gasteiger partial charge in [0.05, 0.1) is 24.9 Å². The second-order valence-electron chi connectivity index (χ2n) is 10.2. The Balaban J connectivity index is 1.20. The molecule has 0 unspecified atom stereocenters. The van der Waals surface area contributed by atoms with E-state index in [1.165, 1.54) is 18.2 Å². The van der Waals surface area contributed by atoms with Crippen LogP contribution in [-0.2, 0) is 20.9 Å². The maximum atomic E-state index is 14.3. The van der Waals surface area contributed by atoms with Crippen LogP contribution in [0.25, 0.3) is 10.9 Å². The zero-order valence-electron chi connectivity index (χ0n) is 23.1. The van der Waals surface area contributed by atoms with Crippen LogP contribution in [0.5, 0.6) is 0 Å². The van der Waals surface area contributed by atoms with Crippen LogP contribution in [0.2, 0.25) is 0 Å². The van der Waals surface area contributed by atoms with E-state index >= 15 is 0 Å². The number of fused-ring (bicyclic) bond motifs is 1. The molecule has 224 valence electrons. The summed E-state index contributed by atoms with van der Waals surface area (Å²) in [6.07, 6.45) is 2.12. The number of carbonyl (C=O) groups excluding carboxylic acids is 3. The summed E-state index contributed by atoms with van der Waals surface area (Å²) in [6, 6.07) is 13.5. The Hall–Kier alpha value is -4.91. The molecule has 1 aliphatic rings. The van der Waals surface area contributed by atoms with Crippen molar-refractivity contribution >= 4 is 40.0 Å². The molecule has 2 atom stereocenters. The number of alkyl halides is 2. The van der Waals surface area contributed by atoms with Gasteiger partial charge in [-0.2, -0.15) is 8.78 Å². The molecule has 0 aliphatic carbocycles. The lowest BCUT2D eigenvalue weighted by atomic mass is 10.1. The van der Waals surface area contributed by atoms with Crippen molar-refractivity contribution in [3.8, 4) is 0 Å². The number of aromatic amines is 1. The number of rotatable bonds is 10. The first-order chi connectivity index (χ1) is 20.7. The summed E-state index contributed by atoms with van der Waals surface area (Å²) in [4.78, 5) is 47.4. The van der Waals surface area contributed by atoms with Crippen molar-refractivity contribution in [2.75, 3.05) is 18.4 Å². The molecular formula is C30H29F3N6O4. The highest BCUT2D eigenvalue weighted by atomic mass is 19.3. The molecule has 4 aromatic rings. The summed E-state index contributed by atoms with van der Waals surface area (Å²) in [5.41, 5.74) is 3.18. The number of aryl methyl sites for hydroxylation is 1. The van der Waals surface area contributed by atoms with Crippen LogP contribution in [0.3, 0.4) is 0 Å². The van der Waals surface area contributed by atoms with Crippen LogP contribution in [0.15, 0.2) is 67.0 Å². The molecule has 1 saturated heterocycles. The minimum absolute atomic E-state index is 0.111. The van der Waals surface area contributed by atoms with Crippen LogP contribution >= 0.6 is 0 Å². The highest BCUT2D eigenvalue weighted by molar-refractivity contribution is 5.98. The van der Waals surface area contributed by atoms with Crippen LogP contribution < -0.4 is 16.0 Å². The molecule has 0 radical (unpaired) electrons. The van der Waals surface area contributed by atoms with Gasteiger partial charge in [-0.05, 0) is 55.0 Å². The first-order valence-electron chi connectivity index (χ1n) is 13.5. The van der Waals surface area contributed by atoms with Gasteiger partial charge >= 0.3 is 6.61 Å². The zero-order chi connectivity index (χ0) is 30.5. The van der Waals surface area contributed by atoms with E-state index in [9.17, 15) is 27.6 Å². The number of hydrogen-bond donors (Lipinski definition) is 4. The highest BCUT2D eigenvalue weighted by Gasteiger charge is 2.41. The topological polar surface area (TPSA) is 128 Å². The SMILES string of the molecule is Cc1ccc(Nc2cccc(C(=O)NCC(=O)N3C[C@H](OC(F)F)C[C@H]3C(=O)NCc3cc4cnccc4[nH]3)c2)c(F)c1. The van der Waals surface area contributed by atoms with E-state index < -0.39 is 48.8 Å². The highest BCUT2D eigenvalue weighted by Crippen LogP contribution is 2.24. The number of aromatic nitrogens is 2. The van der Waals surface area contributed by atoms with Gasteiger partial charge in [0, 0.05) is 53.2 Å². The van der Waals surface area contributed by atoms with Crippen molar-refractivity contribution in [1.82, 2.24) is 25.5 Å². The summed E-state index contributed by atoms with van der Waals surface area (Å²) >= 11 is 0. The number of halogens is 3. The minimum atomic E-state index is -3.07. The van der Waals surface area contributed by atoms with Crippen molar-refractivity contribution in [1.29, 1.82) is 0 Å². The molecule has 3 amide bonds. The Labute approximate surface area is 244 Å². The van der Waals surface area contributed by atoms with Crippen LogP contribution in [-0.4, -0.2) is 64.4 Å². The molecule has 1 fully saturated rings. The molecule has 3 heterocycles. The summed E-state index contributed by atoms with van der Waals surface area (Å²) in [6.45, 7) is -1.91. The van der Waals surface area contributed by atoms with Gasteiger partial charge in [0.1, 0.15) is 11.9 Å². The van der Waals surface area contributed by atoms with Crippen molar-refractivity contribution in [2.24, 2.45) is 0 Å². The molecule has 2 aromatic heterocycles. The molecule has 4 N–H and O–H groups in total. The van der Waals surface area contributed by atoms with Crippen molar-refractivity contribution in [2.45, 2.75) is 38.6 Å². The van der Waals surface area contributed by atoms with E-state index in [0.29, 0.717) is 11.4 Å². The minimum Gasteiger partial charge on any atom is -0.357 e.